The van der Waals surface area contributed by atoms with E-state index in [1.54, 1.807) is 0 Å². The second-order valence-corrected chi connectivity index (χ2v) is 1.67. The predicted molar refractivity (Wildman–Crippen MR) is 35.4 cm³/mol. The summed E-state index contributed by atoms with van der Waals surface area (Å²) in [5, 5.41) is 0. The third kappa shape index (κ3) is 5.96. The molecule has 0 aliphatic carbocycles. The van der Waals surface area contributed by atoms with Gasteiger partial charge in [-0.3, -0.25) is 0 Å². The van der Waals surface area contributed by atoms with Gasteiger partial charge in [-0.05, 0) is 12.8 Å². The maximum absolute atomic E-state index is 5.12. The first-order chi connectivity index (χ1) is 3.91. The molecule has 0 heterocycles. The highest BCUT2D eigenvalue weighted by Crippen LogP contribution is 1.87. The first kappa shape index (κ1) is 7.96. The highest BCUT2D eigenvalue weighted by Gasteiger charge is 1.81. The molecule has 0 aromatic heterocycles. The lowest BCUT2D eigenvalue weighted by Gasteiger charge is -1.97. The van der Waals surface area contributed by atoms with Gasteiger partial charge in [0.2, 0.25) is 0 Å². The van der Waals surface area contributed by atoms with Gasteiger partial charge in [0.1, 0.15) is 0 Å². The Bertz CT molecular complexity index is 29.4. The van der Waals surface area contributed by atoms with Crippen LogP contribution in [0.15, 0.2) is 0 Å². The summed E-state index contributed by atoms with van der Waals surface area (Å²) in [4.78, 5) is 0. The van der Waals surface area contributed by atoms with Crippen LogP contribution >= 0.6 is 0 Å². The second-order valence-electron chi connectivity index (χ2n) is 1.67. The van der Waals surface area contributed by atoms with E-state index in [0.29, 0.717) is 0 Å². The normalized spacial score (nSPS) is 9.75. The lowest BCUT2D eigenvalue weighted by atomic mass is 10.4. The van der Waals surface area contributed by atoms with Gasteiger partial charge in [0, 0.05) is 13.2 Å². The molecule has 0 atom stereocenters. The van der Waals surface area contributed by atoms with Crippen molar-refractivity contribution in [2.24, 2.45) is 0 Å². The monoisotopic (exact) mass is 114 g/mol. The largest absolute Gasteiger partial charge is 0.381 e. The Morgan fingerprint density at radius 2 is 1.75 bits per heavy atom. The van der Waals surface area contributed by atoms with E-state index in [4.69, 9.17) is 4.74 Å². The fraction of sp³-hybridized carbons (Fsp3) is 0.714. The van der Waals surface area contributed by atoms with Crippen LogP contribution in [-0.2, 0) is 4.74 Å². The molecule has 0 N–H and O–H groups in total. The van der Waals surface area contributed by atoms with Crippen LogP contribution in [-0.4, -0.2) is 13.2 Å². The van der Waals surface area contributed by atoms with Gasteiger partial charge < -0.3 is 4.74 Å². The lowest BCUT2D eigenvalue weighted by Crippen LogP contribution is -1.94. The van der Waals surface area contributed by atoms with Gasteiger partial charge in [-0.25, -0.2) is 0 Å². The van der Waals surface area contributed by atoms with Crippen molar-refractivity contribution in [1.82, 2.24) is 0 Å². The van der Waals surface area contributed by atoms with Crippen molar-refractivity contribution in [3.8, 4) is 0 Å². The Morgan fingerprint density at radius 1 is 1.00 bits per heavy atom. The summed E-state index contributed by atoms with van der Waals surface area (Å²) in [5.74, 6) is 0. The van der Waals surface area contributed by atoms with E-state index in [1.165, 1.54) is 0 Å². The molecule has 48 valence electrons. The van der Waals surface area contributed by atoms with E-state index in [0.717, 1.165) is 32.5 Å². The van der Waals surface area contributed by atoms with E-state index in [-0.39, 0.29) is 0 Å². The maximum atomic E-state index is 5.12. The SMILES string of the molecule is [CH2]CCCOCC[CH2]. The van der Waals surface area contributed by atoms with E-state index in [2.05, 4.69) is 13.8 Å². The van der Waals surface area contributed by atoms with Gasteiger partial charge in [0.15, 0.2) is 0 Å². The Labute approximate surface area is 52.0 Å². The van der Waals surface area contributed by atoms with E-state index in [1.807, 2.05) is 0 Å². The summed E-state index contributed by atoms with van der Waals surface area (Å²) in [6.07, 6.45) is 2.91. The summed E-state index contributed by atoms with van der Waals surface area (Å²) in [5.41, 5.74) is 0. The van der Waals surface area contributed by atoms with Gasteiger partial charge in [0.05, 0.1) is 0 Å². The molecular weight excluding hydrogens is 100 g/mol. The summed E-state index contributed by atoms with van der Waals surface area (Å²) in [7, 11) is 0. The van der Waals surface area contributed by atoms with Crippen molar-refractivity contribution in [2.75, 3.05) is 13.2 Å². The molecule has 0 aromatic rings. The molecule has 0 bridgehead atoms. The standard InChI is InChI=1S/C7H14O/c1-3-5-7-8-6-4-2/h1-7H2. The van der Waals surface area contributed by atoms with Gasteiger partial charge >= 0.3 is 0 Å². The molecule has 8 heavy (non-hydrogen) atoms. The number of unbranched alkanes of at least 4 members (excludes halogenated alkanes) is 1. The zero-order valence-corrected chi connectivity index (χ0v) is 5.36. The highest BCUT2D eigenvalue weighted by molar-refractivity contribution is 4.40. The molecule has 0 aliphatic rings. The molecule has 2 radical (unpaired) electrons. The molecule has 0 amide bonds. The molecule has 0 spiro atoms. The quantitative estimate of drug-likeness (QED) is 0.495. The smallest absolute Gasteiger partial charge is 0.0466 e. The van der Waals surface area contributed by atoms with Crippen LogP contribution in [0, 0.1) is 13.8 Å². The molecule has 0 saturated heterocycles. The Balaban J connectivity index is 2.53. The number of hydrogen-bond donors (Lipinski definition) is 0. The molecular formula is C7H14O. The summed E-state index contributed by atoms with van der Waals surface area (Å²) >= 11 is 0. The molecule has 1 heteroatoms. The third-order valence-electron chi connectivity index (χ3n) is 0.827. The average Bonchev–Trinajstić information content (AvgIpc) is 1.81. The fourth-order valence-corrected chi connectivity index (χ4v) is 0.408. The third-order valence-corrected chi connectivity index (χ3v) is 0.827. The minimum atomic E-state index is 0.792. The summed E-state index contributed by atoms with van der Waals surface area (Å²) in [6, 6.07) is 0. The van der Waals surface area contributed by atoms with Gasteiger partial charge in [0.25, 0.3) is 0 Å². The molecule has 0 aromatic carbocycles. The Kier molecular flexibility index (Phi) is 6.93. The number of hydrogen-bond acceptors (Lipinski definition) is 1. The average molecular weight is 114 g/mol. The minimum absolute atomic E-state index is 0.792. The summed E-state index contributed by atoms with van der Waals surface area (Å²) in [6.45, 7) is 8.97. The van der Waals surface area contributed by atoms with Crippen molar-refractivity contribution in [2.45, 2.75) is 19.3 Å². The second kappa shape index (κ2) is 6.96. The molecule has 0 fully saturated rings. The van der Waals surface area contributed by atoms with Crippen molar-refractivity contribution in [3.05, 3.63) is 13.8 Å². The van der Waals surface area contributed by atoms with Crippen LogP contribution in [0.4, 0.5) is 0 Å². The van der Waals surface area contributed by atoms with Crippen LogP contribution < -0.4 is 0 Å². The zero-order chi connectivity index (χ0) is 6.24. The van der Waals surface area contributed by atoms with Crippen LogP contribution in [0.5, 0.6) is 0 Å². The van der Waals surface area contributed by atoms with Crippen LogP contribution in [0.2, 0.25) is 0 Å². The van der Waals surface area contributed by atoms with Gasteiger partial charge in [-0.15, -0.1) is 0 Å². The van der Waals surface area contributed by atoms with E-state index >= 15 is 0 Å². The van der Waals surface area contributed by atoms with E-state index < -0.39 is 0 Å². The van der Waals surface area contributed by atoms with Gasteiger partial charge in [-0.1, -0.05) is 20.3 Å². The molecule has 0 saturated carbocycles. The predicted octanol–water partition coefficient (Wildman–Crippen LogP) is 1.84. The topological polar surface area (TPSA) is 9.23 Å². The molecule has 0 aliphatic heterocycles. The summed E-state index contributed by atoms with van der Waals surface area (Å²) < 4.78 is 5.12. The first-order valence-electron chi connectivity index (χ1n) is 3.08. The number of rotatable bonds is 5. The minimum Gasteiger partial charge on any atom is -0.381 e. The maximum Gasteiger partial charge on any atom is 0.0466 e. The fourth-order valence-electron chi connectivity index (χ4n) is 0.408. The zero-order valence-electron chi connectivity index (χ0n) is 5.36. The van der Waals surface area contributed by atoms with Crippen LogP contribution in [0.1, 0.15) is 19.3 Å². The van der Waals surface area contributed by atoms with Crippen LogP contribution in [0.25, 0.3) is 0 Å². The number of ether oxygens (including phenoxy) is 1. The van der Waals surface area contributed by atoms with Gasteiger partial charge in [-0.2, -0.15) is 0 Å². The van der Waals surface area contributed by atoms with Crippen molar-refractivity contribution in [3.63, 3.8) is 0 Å². The Hall–Kier alpha value is -0.0400. The van der Waals surface area contributed by atoms with Crippen molar-refractivity contribution < 1.29 is 4.74 Å². The molecule has 1 nitrogen and oxygen atoms in total. The van der Waals surface area contributed by atoms with E-state index in [9.17, 15) is 0 Å². The van der Waals surface area contributed by atoms with Crippen molar-refractivity contribution >= 4 is 0 Å². The van der Waals surface area contributed by atoms with Crippen molar-refractivity contribution in [1.29, 1.82) is 0 Å². The molecule has 0 rings (SSSR count). The Morgan fingerprint density at radius 3 is 2.25 bits per heavy atom. The molecule has 0 unspecified atom stereocenters. The first-order valence-corrected chi connectivity index (χ1v) is 3.08. The van der Waals surface area contributed by atoms with Crippen LogP contribution in [0.3, 0.4) is 0 Å². The highest BCUT2D eigenvalue weighted by atomic mass is 16.5. The lowest BCUT2D eigenvalue weighted by molar-refractivity contribution is 0.136.